The molecule has 1 aromatic rings. The summed E-state index contributed by atoms with van der Waals surface area (Å²) in [5.74, 6) is -0.0594. The molecule has 6 nitrogen and oxygen atoms in total. The van der Waals surface area contributed by atoms with Crippen LogP contribution in [0, 0.1) is 0 Å². The maximum atomic E-state index is 12.2. The van der Waals surface area contributed by atoms with Crippen LogP contribution in [0.25, 0.3) is 0 Å². The van der Waals surface area contributed by atoms with Gasteiger partial charge in [0, 0.05) is 46.1 Å². The van der Waals surface area contributed by atoms with Crippen LogP contribution in [0.4, 0.5) is 0 Å². The third-order valence-corrected chi connectivity index (χ3v) is 4.53. The number of carbonyl (C=O) groups is 3. The molecule has 0 aliphatic carbocycles. The third-order valence-electron chi connectivity index (χ3n) is 3.66. The van der Waals surface area contributed by atoms with Gasteiger partial charge in [0.25, 0.3) is 5.91 Å². The minimum Gasteiger partial charge on any atom is -0.351 e. The SMILES string of the molecule is CC(=O)N1CCCN(C(=O)CCNC(=O)c2cccs2)CC1. The summed E-state index contributed by atoms with van der Waals surface area (Å²) in [7, 11) is 0. The molecule has 0 unspecified atom stereocenters. The predicted octanol–water partition coefficient (Wildman–Crippen LogP) is 0.949. The molecule has 1 saturated heterocycles. The number of hydrogen-bond donors (Lipinski definition) is 1. The van der Waals surface area contributed by atoms with E-state index in [2.05, 4.69) is 5.32 Å². The number of amides is 3. The maximum absolute atomic E-state index is 12.2. The van der Waals surface area contributed by atoms with Gasteiger partial charge in [-0.05, 0) is 17.9 Å². The van der Waals surface area contributed by atoms with Gasteiger partial charge >= 0.3 is 0 Å². The Bertz CT molecular complexity index is 530. The first kappa shape index (κ1) is 16.5. The van der Waals surface area contributed by atoms with Gasteiger partial charge in [-0.25, -0.2) is 0 Å². The Hall–Kier alpha value is -1.89. The fraction of sp³-hybridized carbons (Fsp3) is 0.533. The first-order chi connectivity index (χ1) is 10.6. The van der Waals surface area contributed by atoms with Gasteiger partial charge < -0.3 is 15.1 Å². The van der Waals surface area contributed by atoms with Crippen LogP contribution in [0.15, 0.2) is 17.5 Å². The minimum absolute atomic E-state index is 0.0249. The maximum Gasteiger partial charge on any atom is 0.261 e. The smallest absolute Gasteiger partial charge is 0.261 e. The Morgan fingerprint density at radius 3 is 2.59 bits per heavy atom. The number of carbonyl (C=O) groups excluding carboxylic acids is 3. The summed E-state index contributed by atoms with van der Waals surface area (Å²) < 4.78 is 0. The van der Waals surface area contributed by atoms with E-state index in [0.29, 0.717) is 37.6 Å². The van der Waals surface area contributed by atoms with Crippen molar-refractivity contribution in [2.75, 3.05) is 32.7 Å². The van der Waals surface area contributed by atoms with E-state index in [4.69, 9.17) is 0 Å². The summed E-state index contributed by atoms with van der Waals surface area (Å²) in [6, 6.07) is 3.58. The lowest BCUT2D eigenvalue weighted by atomic mass is 10.3. The highest BCUT2D eigenvalue weighted by atomic mass is 32.1. The molecule has 1 aliphatic rings. The molecule has 0 spiro atoms. The second-order valence-electron chi connectivity index (χ2n) is 5.22. The number of hydrogen-bond acceptors (Lipinski definition) is 4. The van der Waals surface area contributed by atoms with Crippen LogP contribution in [-0.4, -0.2) is 60.2 Å². The zero-order chi connectivity index (χ0) is 15.9. The fourth-order valence-corrected chi connectivity index (χ4v) is 3.06. The van der Waals surface area contributed by atoms with Crippen LogP contribution in [0.5, 0.6) is 0 Å². The molecular formula is C15H21N3O3S. The van der Waals surface area contributed by atoms with Crippen molar-refractivity contribution >= 4 is 29.1 Å². The van der Waals surface area contributed by atoms with Crippen molar-refractivity contribution in [1.29, 1.82) is 0 Å². The topological polar surface area (TPSA) is 69.7 Å². The molecule has 1 fully saturated rings. The Morgan fingerprint density at radius 1 is 1.18 bits per heavy atom. The van der Waals surface area contributed by atoms with Crippen molar-refractivity contribution in [2.45, 2.75) is 19.8 Å². The zero-order valence-electron chi connectivity index (χ0n) is 12.7. The monoisotopic (exact) mass is 323 g/mol. The lowest BCUT2D eigenvalue weighted by Gasteiger charge is -2.21. The van der Waals surface area contributed by atoms with Crippen LogP contribution in [0.1, 0.15) is 29.4 Å². The van der Waals surface area contributed by atoms with Crippen LogP contribution in [0.2, 0.25) is 0 Å². The molecule has 0 aromatic carbocycles. The Kier molecular flexibility index (Phi) is 5.94. The summed E-state index contributed by atoms with van der Waals surface area (Å²) in [5, 5.41) is 4.60. The van der Waals surface area contributed by atoms with Crippen molar-refractivity contribution in [3.63, 3.8) is 0 Å². The fourth-order valence-electron chi connectivity index (χ4n) is 2.42. The first-order valence-electron chi connectivity index (χ1n) is 7.43. The van der Waals surface area contributed by atoms with Gasteiger partial charge in [0.1, 0.15) is 0 Å². The predicted molar refractivity (Wildman–Crippen MR) is 84.7 cm³/mol. The molecule has 1 aliphatic heterocycles. The van der Waals surface area contributed by atoms with Crippen LogP contribution in [0.3, 0.4) is 0 Å². The lowest BCUT2D eigenvalue weighted by molar-refractivity contribution is -0.132. The highest BCUT2D eigenvalue weighted by Crippen LogP contribution is 2.08. The molecule has 2 heterocycles. The zero-order valence-corrected chi connectivity index (χ0v) is 13.5. The quantitative estimate of drug-likeness (QED) is 0.897. The average molecular weight is 323 g/mol. The molecule has 1 aromatic heterocycles. The molecule has 2 rings (SSSR count). The highest BCUT2D eigenvalue weighted by Gasteiger charge is 2.20. The Morgan fingerprint density at radius 2 is 1.91 bits per heavy atom. The molecule has 22 heavy (non-hydrogen) atoms. The van der Waals surface area contributed by atoms with E-state index in [9.17, 15) is 14.4 Å². The van der Waals surface area contributed by atoms with Crippen molar-refractivity contribution in [3.8, 4) is 0 Å². The number of nitrogens with zero attached hydrogens (tertiary/aromatic N) is 2. The van der Waals surface area contributed by atoms with E-state index in [1.165, 1.54) is 11.3 Å². The number of rotatable bonds is 4. The normalized spacial score (nSPS) is 15.3. The second kappa shape index (κ2) is 7.93. The van der Waals surface area contributed by atoms with Gasteiger partial charge in [0.15, 0.2) is 0 Å². The highest BCUT2D eigenvalue weighted by molar-refractivity contribution is 7.12. The van der Waals surface area contributed by atoms with Gasteiger partial charge in [0.05, 0.1) is 4.88 Å². The third kappa shape index (κ3) is 4.56. The molecule has 0 saturated carbocycles. The van der Waals surface area contributed by atoms with Gasteiger partial charge in [-0.1, -0.05) is 6.07 Å². The largest absolute Gasteiger partial charge is 0.351 e. The molecule has 0 atom stereocenters. The van der Waals surface area contributed by atoms with Crippen LogP contribution >= 0.6 is 11.3 Å². The standard InChI is InChI=1S/C15H21N3O3S/c1-12(19)17-7-3-8-18(10-9-17)14(20)5-6-16-15(21)13-4-2-11-22-13/h2,4,11H,3,5-10H2,1H3,(H,16,21). The van der Waals surface area contributed by atoms with Crippen molar-refractivity contribution < 1.29 is 14.4 Å². The van der Waals surface area contributed by atoms with Crippen molar-refractivity contribution in [1.82, 2.24) is 15.1 Å². The summed E-state index contributed by atoms with van der Waals surface area (Å²) >= 11 is 1.38. The lowest BCUT2D eigenvalue weighted by Crippen LogP contribution is -2.38. The second-order valence-corrected chi connectivity index (χ2v) is 6.17. The minimum atomic E-state index is -0.138. The van der Waals surface area contributed by atoms with E-state index in [1.807, 2.05) is 11.4 Å². The molecular weight excluding hydrogens is 302 g/mol. The van der Waals surface area contributed by atoms with Crippen molar-refractivity contribution in [2.24, 2.45) is 0 Å². The Labute approximate surface area is 134 Å². The van der Waals surface area contributed by atoms with E-state index in [1.54, 1.807) is 22.8 Å². The Balaban J connectivity index is 1.73. The van der Waals surface area contributed by atoms with E-state index in [0.717, 1.165) is 6.42 Å². The van der Waals surface area contributed by atoms with Crippen LogP contribution < -0.4 is 5.32 Å². The van der Waals surface area contributed by atoms with E-state index < -0.39 is 0 Å². The molecule has 3 amide bonds. The molecule has 120 valence electrons. The number of thiophene rings is 1. The van der Waals surface area contributed by atoms with E-state index >= 15 is 0 Å². The van der Waals surface area contributed by atoms with Crippen LogP contribution in [-0.2, 0) is 9.59 Å². The average Bonchev–Trinajstić information content (AvgIpc) is 2.91. The summed E-state index contributed by atoms with van der Waals surface area (Å²) in [6.45, 7) is 4.41. The first-order valence-corrected chi connectivity index (χ1v) is 8.31. The molecule has 1 N–H and O–H groups in total. The van der Waals surface area contributed by atoms with Crippen molar-refractivity contribution in [3.05, 3.63) is 22.4 Å². The van der Waals surface area contributed by atoms with Gasteiger partial charge in [-0.15, -0.1) is 11.3 Å². The molecule has 7 heteroatoms. The van der Waals surface area contributed by atoms with Gasteiger partial charge in [-0.2, -0.15) is 0 Å². The molecule has 0 bridgehead atoms. The summed E-state index contributed by atoms with van der Waals surface area (Å²) in [6.07, 6.45) is 1.09. The molecule has 0 radical (unpaired) electrons. The van der Waals surface area contributed by atoms with E-state index in [-0.39, 0.29) is 24.1 Å². The van der Waals surface area contributed by atoms with Gasteiger partial charge in [0.2, 0.25) is 11.8 Å². The van der Waals surface area contributed by atoms with Gasteiger partial charge in [-0.3, -0.25) is 14.4 Å². The number of nitrogens with one attached hydrogen (secondary N) is 1. The summed E-state index contributed by atoms with van der Waals surface area (Å²) in [4.78, 5) is 39.5. The summed E-state index contributed by atoms with van der Waals surface area (Å²) in [5.41, 5.74) is 0.